The van der Waals surface area contributed by atoms with Crippen molar-refractivity contribution in [2.45, 2.75) is 31.9 Å². The van der Waals surface area contributed by atoms with E-state index < -0.39 is 16.4 Å². The van der Waals surface area contributed by atoms with Crippen molar-refractivity contribution >= 4 is 27.3 Å². The molecule has 2 N–H and O–H groups in total. The van der Waals surface area contributed by atoms with Gasteiger partial charge in [-0.3, -0.25) is 9.45 Å². The molecule has 2 aromatic rings. The number of nitrogens with one attached hydrogen (secondary N) is 1. The average molecular weight is 479 g/mol. The maximum absolute atomic E-state index is 12.5. The summed E-state index contributed by atoms with van der Waals surface area (Å²) in [7, 11) is -1.71. The molecule has 0 bridgehead atoms. The van der Waals surface area contributed by atoms with Crippen LogP contribution in [-0.4, -0.2) is 62.2 Å². The first-order valence-electron chi connectivity index (χ1n) is 10.8. The summed E-state index contributed by atoms with van der Waals surface area (Å²) in [6.07, 6.45) is 2.58. The second kappa shape index (κ2) is 7.93. The Morgan fingerprint density at radius 1 is 1.24 bits per heavy atom. The molecule has 1 aromatic heterocycles. The summed E-state index contributed by atoms with van der Waals surface area (Å²) in [6, 6.07) is 3.91. The van der Waals surface area contributed by atoms with Crippen LogP contribution in [0.2, 0.25) is 0 Å². The second-order valence-electron chi connectivity index (χ2n) is 8.75. The number of ether oxygens (including phenoxy) is 3. The van der Waals surface area contributed by atoms with Crippen molar-refractivity contribution in [1.82, 2.24) is 9.88 Å². The smallest absolute Gasteiger partial charge is 0.449 e. The van der Waals surface area contributed by atoms with Gasteiger partial charge in [0.1, 0.15) is 0 Å². The molecule has 0 radical (unpaired) electrons. The molecular weight excluding hydrogens is 452 g/mol. The highest BCUT2D eigenvalue weighted by Gasteiger charge is 2.47. The van der Waals surface area contributed by atoms with Gasteiger partial charge in [0, 0.05) is 47.6 Å². The third kappa shape index (κ3) is 3.73. The van der Waals surface area contributed by atoms with E-state index in [-0.39, 0.29) is 29.6 Å². The largest absolute Gasteiger partial charge is 0.497 e. The number of hydrogen-bond donors (Lipinski definition) is 2. The number of benzene rings is 1. The lowest BCUT2D eigenvalue weighted by atomic mass is 9.72. The van der Waals surface area contributed by atoms with Crippen LogP contribution in [0.5, 0.6) is 11.5 Å². The highest BCUT2D eigenvalue weighted by Crippen LogP contribution is 2.48. The standard InChI is InChI=1S/C22H26N2O8S/c1-11-15-9-24-5-4-12-14-7-19(29-2)20(30-3)8-17(14)23-21(12)18(24)6-13(15)16(10-31-11)22(25)32-33(26,27)28/h7-8,10-11,13,15,18,23H,4-6,9H2,1-3H3,(H,26,27,28)/t11-,13?,15?,18+/m0/s1. The Bertz CT molecular complexity index is 1250. The molecule has 11 heteroatoms. The van der Waals surface area contributed by atoms with E-state index in [2.05, 4.69) is 14.1 Å². The van der Waals surface area contributed by atoms with Crippen molar-refractivity contribution in [1.29, 1.82) is 0 Å². The zero-order valence-electron chi connectivity index (χ0n) is 18.5. The van der Waals surface area contributed by atoms with Crippen LogP contribution in [0.3, 0.4) is 0 Å². The first-order valence-corrected chi connectivity index (χ1v) is 12.1. The number of aromatic nitrogens is 1. The minimum Gasteiger partial charge on any atom is -0.497 e. The number of methoxy groups -OCH3 is 2. The van der Waals surface area contributed by atoms with Gasteiger partial charge in [-0.1, -0.05) is 0 Å². The molecule has 1 saturated heterocycles. The third-order valence-corrected chi connectivity index (χ3v) is 7.50. The van der Waals surface area contributed by atoms with E-state index in [1.54, 1.807) is 14.2 Å². The molecule has 3 aliphatic heterocycles. The monoisotopic (exact) mass is 478 g/mol. The highest BCUT2D eigenvalue weighted by atomic mass is 32.3. The zero-order valence-corrected chi connectivity index (χ0v) is 19.3. The average Bonchev–Trinajstić information content (AvgIpc) is 3.14. The molecule has 3 aliphatic rings. The van der Waals surface area contributed by atoms with E-state index in [4.69, 9.17) is 18.8 Å². The lowest BCUT2D eigenvalue weighted by molar-refractivity contribution is -0.133. The fraction of sp³-hybridized carbons (Fsp3) is 0.500. The number of nitrogens with zero attached hydrogens (tertiary/aromatic N) is 1. The van der Waals surface area contributed by atoms with E-state index >= 15 is 0 Å². The lowest BCUT2D eigenvalue weighted by Crippen LogP contribution is -2.51. The molecule has 0 amide bonds. The number of aromatic amines is 1. The Balaban J connectivity index is 1.52. The number of carbonyl (C=O) groups is 1. The summed E-state index contributed by atoms with van der Waals surface area (Å²) < 4.78 is 52.0. The van der Waals surface area contributed by atoms with E-state index in [1.807, 2.05) is 19.1 Å². The van der Waals surface area contributed by atoms with Crippen LogP contribution in [0.25, 0.3) is 10.9 Å². The van der Waals surface area contributed by atoms with Crippen LogP contribution in [0.15, 0.2) is 24.0 Å². The summed E-state index contributed by atoms with van der Waals surface area (Å²) in [4.78, 5) is 18.4. The molecule has 1 aromatic carbocycles. The fourth-order valence-electron chi connectivity index (χ4n) is 5.59. The van der Waals surface area contributed by atoms with Gasteiger partial charge in [-0.25, -0.2) is 4.79 Å². The van der Waals surface area contributed by atoms with Crippen LogP contribution >= 0.6 is 0 Å². The highest BCUT2D eigenvalue weighted by molar-refractivity contribution is 7.81. The summed E-state index contributed by atoms with van der Waals surface area (Å²) in [5, 5.41) is 1.08. The Morgan fingerprint density at radius 2 is 1.97 bits per heavy atom. The van der Waals surface area contributed by atoms with Gasteiger partial charge in [-0.15, -0.1) is 0 Å². The molecule has 2 unspecified atom stereocenters. The number of fused-ring (bicyclic) bond motifs is 6. The Morgan fingerprint density at radius 3 is 2.67 bits per heavy atom. The number of H-pyrrole nitrogens is 1. The summed E-state index contributed by atoms with van der Waals surface area (Å²) in [6.45, 7) is 3.48. The Hall–Kier alpha value is -2.76. The number of carbonyl (C=O) groups excluding carboxylic acids is 1. The van der Waals surface area contributed by atoms with E-state index in [9.17, 15) is 13.2 Å². The molecule has 10 nitrogen and oxygen atoms in total. The molecule has 4 atom stereocenters. The molecule has 4 heterocycles. The van der Waals surface area contributed by atoms with Crippen LogP contribution in [0.1, 0.15) is 30.6 Å². The minimum absolute atomic E-state index is 0.00613. The number of piperidine rings is 1. The van der Waals surface area contributed by atoms with Gasteiger partial charge in [0.25, 0.3) is 0 Å². The van der Waals surface area contributed by atoms with E-state index in [0.717, 1.165) is 29.6 Å². The molecule has 5 rings (SSSR count). The van der Waals surface area contributed by atoms with Gasteiger partial charge in [0.2, 0.25) is 0 Å². The predicted octanol–water partition coefficient (Wildman–Crippen LogP) is 2.37. The van der Waals surface area contributed by atoms with Crippen LogP contribution in [-0.2, 0) is 30.5 Å². The number of rotatable bonds is 4. The van der Waals surface area contributed by atoms with E-state index in [1.165, 1.54) is 11.8 Å². The Kier molecular flexibility index (Phi) is 5.30. The van der Waals surface area contributed by atoms with Gasteiger partial charge in [0.15, 0.2) is 11.5 Å². The van der Waals surface area contributed by atoms with Crippen LogP contribution in [0.4, 0.5) is 0 Å². The molecule has 0 saturated carbocycles. The van der Waals surface area contributed by atoms with Crippen molar-refractivity contribution in [2.24, 2.45) is 11.8 Å². The predicted molar refractivity (Wildman–Crippen MR) is 117 cm³/mol. The van der Waals surface area contributed by atoms with Gasteiger partial charge in [0.05, 0.1) is 38.2 Å². The van der Waals surface area contributed by atoms with E-state index in [0.29, 0.717) is 24.5 Å². The van der Waals surface area contributed by atoms with Crippen LogP contribution in [0, 0.1) is 11.8 Å². The maximum Gasteiger partial charge on any atom is 0.449 e. The normalized spacial score (nSPS) is 27.0. The fourth-order valence-corrected chi connectivity index (χ4v) is 5.88. The van der Waals surface area contributed by atoms with Gasteiger partial charge in [-0.05, 0) is 31.4 Å². The topological polar surface area (TPSA) is 127 Å². The van der Waals surface area contributed by atoms with Crippen molar-refractivity contribution in [3.8, 4) is 11.5 Å². The summed E-state index contributed by atoms with van der Waals surface area (Å²) in [5.74, 6) is -0.0861. The zero-order chi connectivity index (χ0) is 23.5. The summed E-state index contributed by atoms with van der Waals surface area (Å²) in [5.41, 5.74) is 3.36. The first kappa shape index (κ1) is 22.1. The quantitative estimate of drug-likeness (QED) is 0.637. The third-order valence-electron chi connectivity index (χ3n) is 7.13. The lowest BCUT2D eigenvalue weighted by Gasteiger charge is -2.49. The molecular formula is C22H26N2O8S. The van der Waals surface area contributed by atoms with Crippen LogP contribution < -0.4 is 9.47 Å². The molecule has 0 spiro atoms. The minimum atomic E-state index is -4.91. The van der Waals surface area contributed by atoms with Crippen molar-refractivity contribution in [2.75, 3.05) is 27.3 Å². The molecule has 178 valence electrons. The van der Waals surface area contributed by atoms with Crippen molar-refractivity contribution < 1.29 is 36.2 Å². The van der Waals surface area contributed by atoms with Gasteiger partial charge >= 0.3 is 16.4 Å². The maximum atomic E-state index is 12.5. The van der Waals surface area contributed by atoms with Gasteiger partial charge < -0.3 is 23.4 Å². The van der Waals surface area contributed by atoms with Gasteiger partial charge in [-0.2, -0.15) is 8.42 Å². The van der Waals surface area contributed by atoms with Crippen molar-refractivity contribution in [3.05, 3.63) is 35.2 Å². The SMILES string of the molecule is COc1cc2[nH]c3c(c2cc1OC)CCN1CC2C(C[C@H]31)C(C(=O)OS(=O)(=O)O)=CO[C@H]2C. The first-order chi connectivity index (χ1) is 15.7. The summed E-state index contributed by atoms with van der Waals surface area (Å²) >= 11 is 0. The number of hydrogen-bond acceptors (Lipinski definition) is 8. The molecule has 0 aliphatic carbocycles. The second-order valence-corrected chi connectivity index (χ2v) is 9.77. The Labute approximate surface area is 191 Å². The molecule has 1 fully saturated rings. The van der Waals surface area contributed by atoms with Crippen molar-refractivity contribution in [3.63, 3.8) is 0 Å². The molecule has 33 heavy (non-hydrogen) atoms.